The zero-order valence-corrected chi connectivity index (χ0v) is 16.6. The van der Waals surface area contributed by atoms with Crippen molar-refractivity contribution in [1.29, 1.82) is 0 Å². The van der Waals surface area contributed by atoms with E-state index in [9.17, 15) is 13.2 Å². The van der Waals surface area contributed by atoms with Gasteiger partial charge in [-0.1, -0.05) is 42.6 Å². The van der Waals surface area contributed by atoms with Crippen molar-refractivity contribution in [2.24, 2.45) is 5.92 Å². The van der Waals surface area contributed by atoms with E-state index in [0.717, 1.165) is 30.0 Å². The van der Waals surface area contributed by atoms with Gasteiger partial charge in [-0.15, -0.1) is 0 Å². The molecule has 2 aliphatic rings. The average molecular weight is 405 g/mol. The van der Waals surface area contributed by atoms with E-state index in [1.165, 1.54) is 6.07 Å². The molecule has 142 valence electrons. The number of hydrogen-bond acceptors (Lipinski definition) is 3. The van der Waals surface area contributed by atoms with Crippen LogP contribution in [-0.2, 0) is 10.0 Å². The zero-order valence-electron chi connectivity index (χ0n) is 15.1. The van der Waals surface area contributed by atoms with Gasteiger partial charge in [0.05, 0.1) is 11.4 Å². The van der Waals surface area contributed by atoms with E-state index >= 15 is 0 Å². The summed E-state index contributed by atoms with van der Waals surface area (Å²) >= 11 is 6.10. The highest BCUT2D eigenvalue weighted by Gasteiger charge is 2.43. The fourth-order valence-electron chi connectivity index (χ4n) is 3.97. The Bertz CT molecular complexity index is 1000. The van der Waals surface area contributed by atoms with E-state index in [0.29, 0.717) is 34.4 Å². The van der Waals surface area contributed by atoms with Crippen LogP contribution in [0.25, 0.3) is 0 Å². The molecule has 0 atom stereocenters. The van der Waals surface area contributed by atoms with Crippen LogP contribution in [0, 0.1) is 12.8 Å². The highest BCUT2D eigenvalue weighted by atomic mass is 35.5. The van der Waals surface area contributed by atoms with Gasteiger partial charge in [-0.2, -0.15) is 4.31 Å². The number of benzene rings is 2. The molecule has 2 aromatic carbocycles. The van der Waals surface area contributed by atoms with Gasteiger partial charge in [0.1, 0.15) is 4.90 Å². The highest BCUT2D eigenvalue weighted by Crippen LogP contribution is 2.40. The Morgan fingerprint density at radius 3 is 2.52 bits per heavy atom. The van der Waals surface area contributed by atoms with Crippen LogP contribution in [0.3, 0.4) is 0 Å². The number of rotatable bonds is 3. The summed E-state index contributed by atoms with van der Waals surface area (Å²) in [5.74, 6) is 0.394. The number of amides is 2. The number of anilines is 2. The summed E-state index contributed by atoms with van der Waals surface area (Å²) in [6.07, 6.45) is 4.44. The molecule has 1 aliphatic carbocycles. The average Bonchev–Trinajstić information content (AvgIpc) is 3.15. The summed E-state index contributed by atoms with van der Waals surface area (Å²) in [5, 5.41) is 0.389. The van der Waals surface area contributed by atoms with Crippen LogP contribution in [-0.4, -0.2) is 21.0 Å². The number of carbonyl (C=O) groups excluding carboxylic acids is 1. The molecule has 0 spiro atoms. The first-order chi connectivity index (χ1) is 12.9. The zero-order chi connectivity index (χ0) is 19.2. The number of aryl methyl sites for hydroxylation is 1. The molecule has 1 heterocycles. The molecule has 1 saturated carbocycles. The van der Waals surface area contributed by atoms with Gasteiger partial charge in [0.15, 0.2) is 0 Å². The molecule has 2 aromatic rings. The van der Waals surface area contributed by atoms with Crippen molar-refractivity contribution < 1.29 is 13.2 Å². The first-order valence-electron chi connectivity index (χ1n) is 9.11. The van der Waals surface area contributed by atoms with Crippen molar-refractivity contribution in [2.45, 2.75) is 37.5 Å². The molecule has 4 rings (SSSR count). The number of halogens is 1. The monoisotopic (exact) mass is 404 g/mol. The molecule has 0 bridgehead atoms. The first kappa shape index (κ1) is 18.3. The maximum Gasteiger partial charge on any atom is 0.343 e. The summed E-state index contributed by atoms with van der Waals surface area (Å²) in [4.78, 5) is 15.2. The van der Waals surface area contributed by atoms with Crippen molar-refractivity contribution >= 4 is 39.0 Å². The number of sulfonamides is 1. The summed E-state index contributed by atoms with van der Waals surface area (Å²) in [6.45, 7) is 2.30. The molecule has 27 heavy (non-hydrogen) atoms. The Balaban J connectivity index is 1.87. The summed E-state index contributed by atoms with van der Waals surface area (Å²) in [6, 6.07) is 11.1. The second-order valence-electron chi connectivity index (χ2n) is 7.21. The van der Waals surface area contributed by atoms with E-state index < -0.39 is 16.1 Å². The standard InChI is InChI=1S/C20H21ClN2O3S/c1-14-10-11-16(21)12-18(14)23-20(24)22(13-15-6-2-3-7-15)17-8-4-5-9-19(17)27(23,25)26/h4-5,8-12,15H,2-3,6-7,13H2,1H3. The van der Waals surface area contributed by atoms with Crippen LogP contribution < -0.4 is 9.21 Å². The quantitative estimate of drug-likeness (QED) is 0.725. The number of para-hydroxylation sites is 1. The molecule has 2 amide bonds. The second kappa shape index (κ2) is 6.84. The molecular weight excluding hydrogens is 384 g/mol. The molecular formula is C20H21ClN2O3S. The van der Waals surface area contributed by atoms with Crippen LogP contribution in [0.2, 0.25) is 5.02 Å². The maximum atomic E-state index is 13.4. The van der Waals surface area contributed by atoms with Gasteiger partial charge in [0, 0.05) is 11.6 Å². The molecule has 1 aliphatic heterocycles. The lowest BCUT2D eigenvalue weighted by Crippen LogP contribution is -2.52. The van der Waals surface area contributed by atoms with Gasteiger partial charge in [-0.05, 0) is 55.5 Å². The fraction of sp³-hybridized carbons (Fsp3) is 0.350. The molecule has 0 saturated heterocycles. The van der Waals surface area contributed by atoms with Crippen LogP contribution in [0.4, 0.5) is 16.2 Å². The van der Waals surface area contributed by atoms with Crippen LogP contribution >= 0.6 is 11.6 Å². The highest BCUT2D eigenvalue weighted by molar-refractivity contribution is 7.94. The number of carbonyl (C=O) groups is 1. The third-order valence-electron chi connectivity index (χ3n) is 5.38. The summed E-state index contributed by atoms with van der Waals surface area (Å²) in [7, 11) is -4.01. The lowest BCUT2D eigenvalue weighted by atomic mass is 10.1. The minimum Gasteiger partial charge on any atom is -0.292 e. The minimum atomic E-state index is -4.01. The van der Waals surface area contributed by atoms with E-state index in [-0.39, 0.29) is 4.90 Å². The number of urea groups is 1. The molecule has 7 heteroatoms. The SMILES string of the molecule is Cc1ccc(Cl)cc1N1C(=O)N(CC2CCCC2)c2ccccc2S1(=O)=O. The van der Waals surface area contributed by atoms with Crippen LogP contribution in [0.1, 0.15) is 31.2 Å². The molecule has 0 unspecified atom stereocenters. The lowest BCUT2D eigenvalue weighted by molar-refractivity contribution is 0.252. The Morgan fingerprint density at radius 1 is 1.07 bits per heavy atom. The Hall–Kier alpha value is -2.05. The predicted octanol–water partition coefficient (Wildman–Crippen LogP) is 4.97. The summed E-state index contributed by atoms with van der Waals surface area (Å²) in [5.41, 5.74) is 1.44. The number of hydrogen-bond donors (Lipinski definition) is 0. The molecule has 5 nitrogen and oxygen atoms in total. The maximum absolute atomic E-state index is 13.4. The second-order valence-corrected chi connectivity index (χ2v) is 9.40. The molecule has 0 N–H and O–H groups in total. The molecule has 0 aromatic heterocycles. The van der Waals surface area contributed by atoms with E-state index in [1.54, 1.807) is 48.2 Å². The smallest absolute Gasteiger partial charge is 0.292 e. The molecule has 1 fully saturated rings. The third kappa shape index (κ3) is 3.11. The number of fused-ring (bicyclic) bond motifs is 1. The normalized spacial score (nSPS) is 19.4. The van der Waals surface area contributed by atoms with Gasteiger partial charge < -0.3 is 0 Å². The first-order valence-corrected chi connectivity index (χ1v) is 10.9. The number of nitrogens with zero attached hydrogens (tertiary/aromatic N) is 2. The van der Waals surface area contributed by atoms with Crippen molar-refractivity contribution in [2.75, 3.05) is 15.7 Å². The van der Waals surface area contributed by atoms with E-state index in [4.69, 9.17) is 11.6 Å². The summed E-state index contributed by atoms with van der Waals surface area (Å²) < 4.78 is 27.5. The van der Waals surface area contributed by atoms with Crippen LogP contribution in [0.15, 0.2) is 47.4 Å². The van der Waals surface area contributed by atoms with Gasteiger partial charge in [-0.25, -0.2) is 13.2 Å². The van der Waals surface area contributed by atoms with Crippen LogP contribution in [0.5, 0.6) is 0 Å². The van der Waals surface area contributed by atoms with Gasteiger partial charge in [-0.3, -0.25) is 4.90 Å². The largest absolute Gasteiger partial charge is 0.343 e. The predicted molar refractivity (Wildman–Crippen MR) is 107 cm³/mol. The Kier molecular flexibility index (Phi) is 4.64. The van der Waals surface area contributed by atoms with Crippen molar-refractivity contribution in [3.05, 3.63) is 53.1 Å². The molecule has 0 radical (unpaired) electrons. The van der Waals surface area contributed by atoms with E-state index in [2.05, 4.69) is 0 Å². The minimum absolute atomic E-state index is 0.155. The lowest BCUT2D eigenvalue weighted by Gasteiger charge is -2.37. The van der Waals surface area contributed by atoms with Crippen molar-refractivity contribution in [3.63, 3.8) is 0 Å². The Morgan fingerprint density at radius 2 is 1.78 bits per heavy atom. The third-order valence-corrected chi connectivity index (χ3v) is 7.35. The Labute approximate surface area is 164 Å². The topological polar surface area (TPSA) is 57.7 Å². The fourth-order valence-corrected chi connectivity index (χ4v) is 5.79. The van der Waals surface area contributed by atoms with Gasteiger partial charge in [0.25, 0.3) is 10.0 Å². The van der Waals surface area contributed by atoms with E-state index in [1.807, 2.05) is 0 Å². The van der Waals surface area contributed by atoms with Gasteiger partial charge >= 0.3 is 6.03 Å². The van der Waals surface area contributed by atoms with Crippen molar-refractivity contribution in [3.8, 4) is 0 Å². The van der Waals surface area contributed by atoms with Gasteiger partial charge in [0.2, 0.25) is 0 Å². The van der Waals surface area contributed by atoms with Crippen molar-refractivity contribution in [1.82, 2.24) is 0 Å².